The number of quaternary nitrogens is 1. The molecule has 1 aliphatic carbocycles. The van der Waals surface area contributed by atoms with Crippen LogP contribution in [0.5, 0.6) is 0 Å². The minimum atomic E-state index is 0.575. The highest BCUT2D eigenvalue weighted by Gasteiger charge is 2.40. The second kappa shape index (κ2) is 3.09. The fraction of sp³-hybridized carbons (Fsp3) is 0.538. The lowest BCUT2D eigenvalue weighted by atomic mass is 9.74. The van der Waals surface area contributed by atoms with Crippen LogP contribution in [0.1, 0.15) is 30.4 Å². The molecule has 1 saturated heterocycles. The molecule has 0 aromatic heterocycles. The summed E-state index contributed by atoms with van der Waals surface area (Å²) in [4.78, 5) is 0. The van der Waals surface area contributed by atoms with Gasteiger partial charge in [-0.25, -0.2) is 0 Å². The molecule has 14 heavy (non-hydrogen) atoms. The average Bonchev–Trinajstić information content (AvgIpc) is 2.60. The van der Waals surface area contributed by atoms with Crippen molar-refractivity contribution in [3.8, 4) is 0 Å². The number of fused-ring (bicyclic) bond motifs is 2. The first-order chi connectivity index (χ1) is 6.91. The van der Waals surface area contributed by atoms with Crippen molar-refractivity contribution < 1.29 is 5.32 Å². The number of hydrogen-bond acceptors (Lipinski definition) is 0. The van der Waals surface area contributed by atoms with Gasteiger partial charge in [-0.05, 0) is 24.0 Å². The molecule has 1 spiro atoms. The van der Waals surface area contributed by atoms with Gasteiger partial charge in [0.05, 0.1) is 13.1 Å². The van der Waals surface area contributed by atoms with Crippen LogP contribution in [0.15, 0.2) is 24.3 Å². The summed E-state index contributed by atoms with van der Waals surface area (Å²) in [7, 11) is 0. The standard InChI is InChI=1S/C13H17N/c1-2-4-12-11(3-1)5-6-13(12)7-9-14-10-8-13/h1-4,14H,5-10H2/p+1. The summed E-state index contributed by atoms with van der Waals surface area (Å²) >= 11 is 0. The molecule has 0 unspecified atom stereocenters. The Labute approximate surface area is 85.5 Å². The molecule has 0 bridgehead atoms. The van der Waals surface area contributed by atoms with Crippen molar-refractivity contribution in [1.29, 1.82) is 0 Å². The normalized spacial score (nSPS) is 23.7. The fourth-order valence-corrected chi connectivity index (χ4v) is 3.31. The van der Waals surface area contributed by atoms with Gasteiger partial charge in [0.15, 0.2) is 0 Å². The predicted molar refractivity (Wildman–Crippen MR) is 57.3 cm³/mol. The Morgan fingerprint density at radius 3 is 2.64 bits per heavy atom. The molecule has 2 N–H and O–H groups in total. The molecule has 2 aliphatic rings. The Balaban J connectivity index is 2.03. The Bertz CT molecular complexity index is 331. The second-order valence-corrected chi connectivity index (χ2v) is 4.80. The molecule has 0 amide bonds. The number of aryl methyl sites for hydroxylation is 1. The second-order valence-electron chi connectivity index (χ2n) is 4.80. The Kier molecular flexibility index (Phi) is 1.88. The summed E-state index contributed by atoms with van der Waals surface area (Å²) in [6.45, 7) is 2.66. The molecule has 0 atom stereocenters. The molecule has 1 aromatic carbocycles. The maximum absolute atomic E-state index is 2.46. The molecule has 1 aliphatic heterocycles. The van der Waals surface area contributed by atoms with Crippen LogP contribution in [0.25, 0.3) is 0 Å². The summed E-state index contributed by atoms with van der Waals surface area (Å²) in [6, 6.07) is 9.09. The number of piperidine rings is 1. The van der Waals surface area contributed by atoms with Gasteiger partial charge in [-0.1, -0.05) is 24.3 Å². The summed E-state index contributed by atoms with van der Waals surface area (Å²) in [5, 5.41) is 2.46. The van der Waals surface area contributed by atoms with Gasteiger partial charge in [0.1, 0.15) is 0 Å². The van der Waals surface area contributed by atoms with Gasteiger partial charge in [-0.3, -0.25) is 0 Å². The van der Waals surface area contributed by atoms with E-state index in [-0.39, 0.29) is 0 Å². The average molecular weight is 188 g/mol. The van der Waals surface area contributed by atoms with Crippen molar-refractivity contribution in [2.24, 2.45) is 0 Å². The molecular weight excluding hydrogens is 170 g/mol. The van der Waals surface area contributed by atoms with Crippen LogP contribution < -0.4 is 5.32 Å². The Morgan fingerprint density at radius 1 is 1.00 bits per heavy atom. The van der Waals surface area contributed by atoms with Gasteiger partial charge in [0.25, 0.3) is 0 Å². The van der Waals surface area contributed by atoms with Crippen molar-refractivity contribution in [3.63, 3.8) is 0 Å². The summed E-state index contributed by atoms with van der Waals surface area (Å²) in [5.41, 5.74) is 3.87. The van der Waals surface area contributed by atoms with E-state index in [0.717, 1.165) is 0 Å². The Morgan fingerprint density at radius 2 is 1.79 bits per heavy atom. The van der Waals surface area contributed by atoms with Gasteiger partial charge in [-0.2, -0.15) is 0 Å². The van der Waals surface area contributed by atoms with Crippen LogP contribution in [0.2, 0.25) is 0 Å². The molecular formula is C13H18N+. The minimum Gasteiger partial charge on any atom is -0.346 e. The van der Waals surface area contributed by atoms with E-state index in [1.54, 1.807) is 11.1 Å². The van der Waals surface area contributed by atoms with Crippen LogP contribution in [-0.2, 0) is 11.8 Å². The molecule has 1 heterocycles. The van der Waals surface area contributed by atoms with Crippen molar-refractivity contribution in [3.05, 3.63) is 35.4 Å². The van der Waals surface area contributed by atoms with Crippen LogP contribution in [-0.4, -0.2) is 13.1 Å². The van der Waals surface area contributed by atoms with Crippen molar-refractivity contribution >= 4 is 0 Å². The van der Waals surface area contributed by atoms with E-state index in [0.29, 0.717) is 5.41 Å². The van der Waals surface area contributed by atoms with E-state index in [4.69, 9.17) is 0 Å². The van der Waals surface area contributed by atoms with Crippen LogP contribution >= 0.6 is 0 Å². The molecule has 3 rings (SSSR count). The van der Waals surface area contributed by atoms with E-state index >= 15 is 0 Å². The maximum atomic E-state index is 2.46. The van der Waals surface area contributed by atoms with Gasteiger partial charge in [0.2, 0.25) is 0 Å². The summed E-state index contributed by atoms with van der Waals surface area (Å²) in [5.74, 6) is 0. The maximum Gasteiger partial charge on any atom is 0.0764 e. The first-order valence-electron chi connectivity index (χ1n) is 5.81. The molecule has 0 radical (unpaired) electrons. The zero-order chi connectivity index (χ0) is 9.43. The molecule has 1 aromatic rings. The van der Waals surface area contributed by atoms with Crippen molar-refractivity contribution in [2.45, 2.75) is 31.1 Å². The van der Waals surface area contributed by atoms with Crippen molar-refractivity contribution in [1.82, 2.24) is 0 Å². The quantitative estimate of drug-likeness (QED) is 0.630. The Hall–Kier alpha value is -0.820. The van der Waals surface area contributed by atoms with E-state index in [1.165, 1.54) is 38.8 Å². The predicted octanol–water partition coefficient (Wildman–Crippen LogP) is 1.23. The molecule has 0 saturated carbocycles. The fourth-order valence-electron chi connectivity index (χ4n) is 3.31. The molecule has 1 fully saturated rings. The topological polar surface area (TPSA) is 16.6 Å². The zero-order valence-corrected chi connectivity index (χ0v) is 8.63. The summed E-state index contributed by atoms with van der Waals surface area (Å²) < 4.78 is 0. The van der Waals surface area contributed by atoms with Crippen molar-refractivity contribution in [2.75, 3.05) is 13.1 Å². The van der Waals surface area contributed by atoms with Crippen LogP contribution in [0.4, 0.5) is 0 Å². The molecule has 1 nitrogen and oxygen atoms in total. The van der Waals surface area contributed by atoms with Gasteiger partial charge in [0, 0.05) is 18.3 Å². The monoisotopic (exact) mass is 188 g/mol. The highest BCUT2D eigenvalue weighted by Crippen LogP contribution is 2.43. The number of benzene rings is 1. The third-order valence-corrected chi connectivity index (χ3v) is 4.12. The minimum absolute atomic E-state index is 0.575. The van der Waals surface area contributed by atoms with Gasteiger partial charge >= 0.3 is 0 Å². The lowest BCUT2D eigenvalue weighted by molar-refractivity contribution is -0.665. The first-order valence-corrected chi connectivity index (χ1v) is 5.81. The largest absolute Gasteiger partial charge is 0.346 e. The first kappa shape index (κ1) is 8.49. The number of rotatable bonds is 0. The third kappa shape index (κ3) is 1.12. The van der Waals surface area contributed by atoms with E-state index in [1.807, 2.05) is 0 Å². The SMILES string of the molecule is c1ccc2c(c1)CCC21CC[NH2+]CC1. The number of nitrogens with two attached hydrogens (primary N) is 1. The lowest BCUT2D eigenvalue weighted by Gasteiger charge is -2.32. The molecule has 74 valence electrons. The summed E-state index contributed by atoms with van der Waals surface area (Å²) in [6.07, 6.45) is 5.50. The highest BCUT2D eigenvalue weighted by molar-refractivity contribution is 5.39. The number of hydrogen-bond donors (Lipinski definition) is 1. The van der Waals surface area contributed by atoms with Crippen LogP contribution in [0.3, 0.4) is 0 Å². The van der Waals surface area contributed by atoms with E-state index < -0.39 is 0 Å². The third-order valence-electron chi connectivity index (χ3n) is 4.12. The van der Waals surface area contributed by atoms with Gasteiger partial charge < -0.3 is 5.32 Å². The van der Waals surface area contributed by atoms with Crippen LogP contribution in [0, 0.1) is 0 Å². The lowest BCUT2D eigenvalue weighted by Crippen LogP contribution is -2.87. The van der Waals surface area contributed by atoms with Gasteiger partial charge in [-0.15, -0.1) is 0 Å². The highest BCUT2D eigenvalue weighted by atomic mass is 14.9. The molecule has 1 heteroatoms. The van der Waals surface area contributed by atoms with E-state index in [2.05, 4.69) is 29.6 Å². The van der Waals surface area contributed by atoms with E-state index in [9.17, 15) is 0 Å². The smallest absolute Gasteiger partial charge is 0.0764 e. The zero-order valence-electron chi connectivity index (χ0n) is 8.63.